The van der Waals surface area contributed by atoms with Gasteiger partial charge in [0.2, 0.25) is 5.78 Å². The number of thiazole rings is 1. The van der Waals surface area contributed by atoms with Gasteiger partial charge >= 0.3 is 0 Å². The number of benzene rings is 2. The Balaban J connectivity index is 1.51. The Morgan fingerprint density at radius 3 is 2.65 bits per heavy atom. The summed E-state index contributed by atoms with van der Waals surface area (Å²) in [6.07, 6.45) is 5.10. The first-order valence-electron chi connectivity index (χ1n) is 11.6. The fourth-order valence-corrected chi connectivity index (χ4v) is 6.17. The number of aromatic nitrogens is 1. The molecule has 0 radical (unpaired) electrons. The molecular weight excluding hydrogens is 534 g/mol. The van der Waals surface area contributed by atoms with Crippen LogP contribution in [0.5, 0.6) is 0 Å². The van der Waals surface area contributed by atoms with E-state index in [-0.39, 0.29) is 17.7 Å². The molecule has 1 aliphatic carbocycles. The third-order valence-electron chi connectivity index (χ3n) is 6.30. The number of rotatable bonds is 7. The zero-order valence-corrected chi connectivity index (χ0v) is 21.7. The fourth-order valence-electron chi connectivity index (χ4n) is 4.35. The van der Waals surface area contributed by atoms with Gasteiger partial charge in [0.15, 0.2) is 0 Å². The van der Waals surface area contributed by atoms with E-state index in [0.29, 0.717) is 22.2 Å². The Morgan fingerprint density at radius 1 is 1.12 bits per heavy atom. The molecule has 5 nitrogen and oxygen atoms in total. The van der Waals surface area contributed by atoms with Crippen LogP contribution in [0.1, 0.15) is 63.9 Å². The van der Waals surface area contributed by atoms with Crippen molar-refractivity contribution in [1.29, 1.82) is 0 Å². The zero-order valence-electron chi connectivity index (χ0n) is 18.5. The first-order valence-corrected chi connectivity index (χ1v) is 13.6. The average Bonchev–Trinajstić information content (AvgIpc) is 3.60. The standard InChI is InChI=1S/C26H25BrClN3O2S/c27-18-7-3-6-17(13-18)25(33)30-21(20-9-1-2-12-29-20)23(32)22-24(16-5-4-8-19(28)14-16)34-26(31-22)15-10-11-15/h3-8,13-15,20-21,29H,1-2,9-12H2,(H,30,33). The van der Waals surface area contributed by atoms with Crippen molar-refractivity contribution in [3.05, 3.63) is 74.3 Å². The van der Waals surface area contributed by atoms with E-state index in [1.54, 1.807) is 23.5 Å². The molecule has 1 amide bonds. The van der Waals surface area contributed by atoms with Crippen molar-refractivity contribution in [2.45, 2.75) is 50.1 Å². The molecule has 1 aliphatic heterocycles. The van der Waals surface area contributed by atoms with Crippen LogP contribution in [0.25, 0.3) is 10.4 Å². The molecule has 2 aliphatic rings. The van der Waals surface area contributed by atoms with Crippen LogP contribution in [0, 0.1) is 0 Å². The maximum Gasteiger partial charge on any atom is 0.251 e. The number of carbonyl (C=O) groups excluding carboxylic acids is 2. The predicted octanol–water partition coefficient (Wildman–Crippen LogP) is 6.23. The van der Waals surface area contributed by atoms with E-state index in [1.165, 1.54) is 0 Å². The molecule has 8 heteroatoms. The van der Waals surface area contributed by atoms with Crippen molar-refractivity contribution < 1.29 is 9.59 Å². The SMILES string of the molecule is O=C(NC(C(=O)c1nc(C2CC2)sc1-c1cccc(Cl)c1)C1CCCCN1)c1cccc(Br)c1. The van der Waals surface area contributed by atoms with E-state index in [4.69, 9.17) is 16.6 Å². The lowest BCUT2D eigenvalue weighted by Crippen LogP contribution is -2.55. The number of nitrogens with one attached hydrogen (secondary N) is 2. The minimum Gasteiger partial charge on any atom is -0.340 e. The number of nitrogens with zero attached hydrogens (tertiary/aromatic N) is 1. The monoisotopic (exact) mass is 557 g/mol. The van der Waals surface area contributed by atoms with E-state index in [9.17, 15) is 9.59 Å². The van der Waals surface area contributed by atoms with Gasteiger partial charge in [0.05, 0.1) is 9.88 Å². The number of carbonyl (C=O) groups is 2. The average molecular weight is 559 g/mol. The van der Waals surface area contributed by atoms with Gasteiger partial charge in [0.25, 0.3) is 5.91 Å². The number of piperidine rings is 1. The van der Waals surface area contributed by atoms with Gasteiger partial charge in [-0.15, -0.1) is 11.3 Å². The Kier molecular flexibility index (Phi) is 7.16. The Morgan fingerprint density at radius 2 is 1.94 bits per heavy atom. The van der Waals surface area contributed by atoms with E-state index in [2.05, 4.69) is 26.6 Å². The molecule has 0 bridgehead atoms. The molecule has 2 N–H and O–H groups in total. The molecule has 2 heterocycles. The molecule has 1 aromatic heterocycles. The molecule has 3 aromatic rings. The quantitative estimate of drug-likeness (QED) is 0.337. The minimum absolute atomic E-state index is 0.143. The molecule has 5 rings (SSSR count). The van der Waals surface area contributed by atoms with E-state index in [1.807, 2.05) is 36.4 Å². The van der Waals surface area contributed by atoms with Gasteiger partial charge < -0.3 is 10.6 Å². The molecule has 2 aromatic carbocycles. The second kappa shape index (κ2) is 10.3. The highest BCUT2D eigenvalue weighted by Crippen LogP contribution is 2.45. The lowest BCUT2D eigenvalue weighted by Gasteiger charge is -2.31. The largest absolute Gasteiger partial charge is 0.340 e. The van der Waals surface area contributed by atoms with Crippen LogP contribution in [0.15, 0.2) is 53.0 Å². The normalized spacial score (nSPS) is 18.9. The van der Waals surface area contributed by atoms with Gasteiger partial charge in [-0.2, -0.15) is 0 Å². The first kappa shape index (κ1) is 23.7. The summed E-state index contributed by atoms with van der Waals surface area (Å²) in [5.74, 6) is 0.00171. The van der Waals surface area contributed by atoms with Crippen molar-refractivity contribution >= 4 is 50.6 Å². The maximum atomic E-state index is 14.1. The van der Waals surface area contributed by atoms with Crippen molar-refractivity contribution in [1.82, 2.24) is 15.6 Å². The molecule has 176 valence electrons. The van der Waals surface area contributed by atoms with Gasteiger partial charge in [-0.25, -0.2) is 4.98 Å². The van der Waals surface area contributed by atoms with Gasteiger partial charge in [-0.3, -0.25) is 9.59 Å². The lowest BCUT2D eigenvalue weighted by molar-refractivity contribution is 0.0823. The molecule has 34 heavy (non-hydrogen) atoms. The summed E-state index contributed by atoms with van der Waals surface area (Å²) in [5, 5.41) is 8.11. The number of ketones is 1. The third-order valence-corrected chi connectivity index (χ3v) is 8.29. The fraction of sp³-hybridized carbons (Fsp3) is 0.346. The number of hydrogen-bond donors (Lipinski definition) is 2. The van der Waals surface area contributed by atoms with Crippen LogP contribution < -0.4 is 10.6 Å². The van der Waals surface area contributed by atoms with Crippen LogP contribution in [0.4, 0.5) is 0 Å². The van der Waals surface area contributed by atoms with Crippen molar-refractivity contribution in [3.8, 4) is 10.4 Å². The first-order chi connectivity index (χ1) is 16.5. The highest BCUT2D eigenvalue weighted by molar-refractivity contribution is 9.10. The van der Waals surface area contributed by atoms with Crippen LogP contribution in [-0.4, -0.2) is 35.3 Å². The smallest absolute Gasteiger partial charge is 0.251 e. The second-order valence-corrected chi connectivity index (χ2v) is 11.3. The molecule has 2 atom stereocenters. The summed E-state index contributed by atoms with van der Waals surface area (Å²) in [4.78, 5) is 32.9. The van der Waals surface area contributed by atoms with Gasteiger partial charge in [0, 0.05) is 27.0 Å². The Bertz CT molecular complexity index is 1220. The van der Waals surface area contributed by atoms with Gasteiger partial charge in [-0.1, -0.05) is 52.2 Å². The topological polar surface area (TPSA) is 71.1 Å². The number of amides is 1. The summed E-state index contributed by atoms with van der Waals surface area (Å²) in [5.41, 5.74) is 1.82. The lowest BCUT2D eigenvalue weighted by atomic mass is 9.92. The third kappa shape index (κ3) is 5.28. The number of halogens is 2. The highest BCUT2D eigenvalue weighted by atomic mass is 79.9. The van der Waals surface area contributed by atoms with Crippen LogP contribution in [-0.2, 0) is 0 Å². The molecular formula is C26H25BrClN3O2S. The number of Topliss-reactive ketones (excluding diaryl/α,β-unsaturated/α-hetero) is 1. The van der Waals surface area contributed by atoms with Crippen LogP contribution >= 0.6 is 38.9 Å². The van der Waals surface area contributed by atoms with Crippen molar-refractivity contribution in [2.24, 2.45) is 0 Å². The Labute approximate surface area is 216 Å². The van der Waals surface area contributed by atoms with Crippen molar-refractivity contribution in [2.75, 3.05) is 6.54 Å². The summed E-state index contributed by atoms with van der Waals surface area (Å²) < 4.78 is 0.815. The summed E-state index contributed by atoms with van der Waals surface area (Å²) >= 11 is 11.3. The van der Waals surface area contributed by atoms with E-state index < -0.39 is 6.04 Å². The second-order valence-electron chi connectivity index (χ2n) is 8.90. The molecule has 0 spiro atoms. The van der Waals surface area contributed by atoms with Gasteiger partial charge in [0.1, 0.15) is 11.7 Å². The molecule has 1 saturated heterocycles. The van der Waals surface area contributed by atoms with Crippen molar-refractivity contribution in [3.63, 3.8) is 0 Å². The molecule has 2 fully saturated rings. The Hall–Kier alpha value is -2.06. The number of hydrogen-bond acceptors (Lipinski definition) is 5. The zero-order chi connectivity index (χ0) is 23.7. The highest BCUT2D eigenvalue weighted by Gasteiger charge is 2.36. The van der Waals surface area contributed by atoms with Gasteiger partial charge in [-0.05, 0) is 68.1 Å². The molecule has 2 unspecified atom stereocenters. The maximum absolute atomic E-state index is 14.1. The summed E-state index contributed by atoms with van der Waals surface area (Å²) in [7, 11) is 0. The summed E-state index contributed by atoms with van der Waals surface area (Å²) in [6, 6.07) is 13.9. The summed E-state index contributed by atoms with van der Waals surface area (Å²) in [6.45, 7) is 0.826. The van der Waals surface area contributed by atoms with Crippen LogP contribution in [0.3, 0.4) is 0 Å². The predicted molar refractivity (Wildman–Crippen MR) is 140 cm³/mol. The minimum atomic E-state index is -0.709. The van der Waals surface area contributed by atoms with E-state index in [0.717, 1.165) is 58.6 Å². The van der Waals surface area contributed by atoms with E-state index >= 15 is 0 Å². The van der Waals surface area contributed by atoms with Crippen LogP contribution in [0.2, 0.25) is 5.02 Å². The molecule has 1 saturated carbocycles.